The van der Waals surface area contributed by atoms with Crippen molar-refractivity contribution < 1.29 is 9.32 Å². The molecule has 0 radical (unpaired) electrons. The van der Waals surface area contributed by atoms with E-state index in [1.165, 1.54) is 11.1 Å². The first-order chi connectivity index (χ1) is 15.8. The Bertz CT molecular complexity index is 1150. The molecule has 2 aromatic carbocycles. The molecule has 1 N–H and O–H groups in total. The Morgan fingerprint density at radius 1 is 1.24 bits per heavy atom. The van der Waals surface area contributed by atoms with Gasteiger partial charge in [-0.2, -0.15) is 4.98 Å². The molecule has 1 fully saturated rings. The van der Waals surface area contributed by atoms with Crippen LogP contribution in [0.15, 0.2) is 40.9 Å². The predicted molar refractivity (Wildman–Crippen MR) is 130 cm³/mol. The highest BCUT2D eigenvalue weighted by atomic mass is 35.5. The number of halogens is 2. The van der Waals surface area contributed by atoms with Crippen LogP contribution < -0.4 is 5.32 Å². The number of rotatable bonds is 6. The van der Waals surface area contributed by atoms with E-state index in [9.17, 15) is 4.79 Å². The van der Waals surface area contributed by atoms with Gasteiger partial charge in [0.25, 0.3) is 0 Å². The molecule has 4 rings (SSSR count). The first-order valence-electron chi connectivity index (χ1n) is 11.2. The van der Waals surface area contributed by atoms with Crippen molar-refractivity contribution >= 4 is 29.1 Å². The monoisotopic (exact) mass is 486 g/mol. The third-order valence-electron chi connectivity index (χ3n) is 6.14. The molecular weight excluding hydrogens is 459 g/mol. The van der Waals surface area contributed by atoms with Gasteiger partial charge in [0, 0.05) is 17.1 Å². The molecule has 0 saturated carbocycles. The molecule has 2 atom stereocenters. The maximum Gasteiger partial charge on any atom is 0.241 e. The Labute approximate surface area is 204 Å². The van der Waals surface area contributed by atoms with Crippen LogP contribution in [0.25, 0.3) is 11.4 Å². The van der Waals surface area contributed by atoms with E-state index in [0.717, 1.165) is 24.9 Å². The van der Waals surface area contributed by atoms with Gasteiger partial charge in [-0.05, 0) is 69.5 Å². The van der Waals surface area contributed by atoms with Crippen molar-refractivity contribution in [3.8, 4) is 11.4 Å². The van der Waals surface area contributed by atoms with Crippen LogP contribution in [-0.2, 0) is 11.3 Å². The number of aryl methyl sites for hydroxylation is 2. The van der Waals surface area contributed by atoms with E-state index < -0.39 is 0 Å². The molecule has 6 nitrogen and oxygen atoms in total. The van der Waals surface area contributed by atoms with Gasteiger partial charge in [-0.1, -0.05) is 52.1 Å². The van der Waals surface area contributed by atoms with E-state index in [0.29, 0.717) is 40.4 Å². The molecule has 1 aromatic heterocycles. The Hall–Kier alpha value is -2.41. The fraction of sp³-hybridized carbons (Fsp3) is 0.400. The molecule has 2 unspecified atom stereocenters. The normalized spacial score (nSPS) is 17.7. The fourth-order valence-electron chi connectivity index (χ4n) is 4.34. The summed E-state index contributed by atoms with van der Waals surface area (Å²) < 4.78 is 5.45. The lowest BCUT2D eigenvalue weighted by Gasteiger charge is -2.31. The van der Waals surface area contributed by atoms with Crippen LogP contribution >= 0.6 is 23.2 Å². The highest BCUT2D eigenvalue weighted by Gasteiger charge is 2.28. The number of amides is 1. The Morgan fingerprint density at radius 3 is 2.85 bits per heavy atom. The number of likely N-dealkylation sites (tertiary alicyclic amines) is 1. The van der Waals surface area contributed by atoms with E-state index in [-0.39, 0.29) is 17.9 Å². The van der Waals surface area contributed by atoms with Crippen LogP contribution in [0.1, 0.15) is 48.4 Å². The van der Waals surface area contributed by atoms with Crippen LogP contribution in [0, 0.1) is 19.8 Å². The van der Waals surface area contributed by atoms with Crippen molar-refractivity contribution in [3.05, 3.63) is 69.0 Å². The second-order valence-electron chi connectivity index (χ2n) is 8.80. The van der Waals surface area contributed by atoms with Crippen LogP contribution in [0.3, 0.4) is 0 Å². The molecule has 0 bridgehead atoms. The van der Waals surface area contributed by atoms with Crippen LogP contribution in [0.5, 0.6) is 0 Å². The van der Waals surface area contributed by atoms with Crippen molar-refractivity contribution in [2.24, 2.45) is 5.92 Å². The Morgan fingerprint density at radius 2 is 2.06 bits per heavy atom. The summed E-state index contributed by atoms with van der Waals surface area (Å²) in [5.74, 6) is 0.952. The molecule has 0 aliphatic carbocycles. The molecule has 2 heterocycles. The first-order valence-corrected chi connectivity index (χ1v) is 11.9. The summed E-state index contributed by atoms with van der Waals surface area (Å²) in [6, 6.07) is 11.5. The largest absolute Gasteiger partial charge is 0.349 e. The van der Waals surface area contributed by atoms with Crippen molar-refractivity contribution in [1.82, 2.24) is 20.4 Å². The van der Waals surface area contributed by atoms with E-state index in [4.69, 9.17) is 27.7 Å². The van der Waals surface area contributed by atoms with E-state index in [1.807, 2.05) is 6.92 Å². The molecule has 1 saturated heterocycles. The minimum atomic E-state index is -0.0700. The number of nitrogens with one attached hydrogen (secondary N) is 1. The average molecular weight is 487 g/mol. The third-order valence-corrected chi connectivity index (χ3v) is 6.68. The lowest BCUT2D eigenvalue weighted by Crippen LogP contribution is -2.43. The molecule has 33 heavy (non-hydrogen) atoms. The Balaban J connectivity index is 1.37. The van der Waals surface area contributed by atoms with Crippen molar-refractivity contribution in [3.63, 3.8) is 0 Å². The molecule has 3 aromatic rings. The summed E-state index contributed by atoms with van der Waals surface area (Å²) in [5, 5.41) is 8.30. The molecule has 1 amide bonds. The van der Waals surface area contributed by atoms with Gasteiger partial charge in [0.05, 0.1) is 23.5 Å². The number of carbonyl (C=O) groups excluding carboxylic acids is 1. The van der Waals surface area contributed by atoms with Crippen LogP contribution in [-0.4, -0.2) is 34.0 Å². The SMILES string of the molecule is Cc1ccc(C)c(C(C)NC(=O)C2CCCN(Cc3nc(-c4ccc(Cl)cc4Cl)no3)C2)c1. The zero-order chi connectivity index (χ0) is 23.5. The highest BCUT2D eigenvalue weighted by Crippen LogP contribution is 2.29. The number of benzene rings is 2. The maximum absolute atomic E-state index is 13.0. The number of hydrogen-bond donors (Lipinski definition) is 1. The number of nitrogens with zero attached hydrogens (tertiary/aromatic N) is 3. The van der Waals surface area contributed by atoms with Gasteiger partial charge in [0.2, 0.25) is 17.6 Å². The minimum Gasteiger partial charge on any atom is -0.349 e. The van der Waals surface area contributed by atoms with Gasteiger partial charge in [-0.15, -0.1) is 0 Å². The van der Waals surface area contributed by atoms with Gasteiger partial charge >= 0.3 is 0 Å². The second kappa shape index (κ2) is 10.2. The van der Waals surface area contributed by atoms with Crippen LogP contribution in [0.4, 0.5) is 0 Å². The topological polar surface area (TPSA) is 71.3 Å². The fourth-order valence-corrected chi connectivity index (χ4v) is 4.83. The first kappa shape index (κ1) is 23.7. The predicted octanol–water partition coefficient (Wildman–Crippen LogP) is 5.75. The lowest BCUT2D eigenvalue weighted by molar-refractivity contribution is -0.127. The maximum atomic E-state index is 13.0. The van der Waals surface area contributed by atoms with E-state index in [2.05, 4.69) is 52.4 Å². The van der Waals surface area contributed by atoms with E-state index in [1.54, 1.807) is 18.2 Å². The summed E-state index contributed by atoms with van der Waals surface area (Å²) in [4.78, 5) is 19.7. The Kier molecular flexibility index (Phi) is 7.37. The summed E-state index contributed by atoms with van der Waals surface area (Å²) >= 11 is 12.2. The van der Waals surface area contributed by atoms with Crippen LogP contribution in [0.2, 0.25) is 10.0 Å². The number of hydrogen-bond acceptors (Lipinski definition) is 5. The van der Waals surface area contributed by atoms with Crippen molar-refractivity contribution in [1.29, 1.82) is 0 Å². The van der Waals surface area contributed by atoms with Gasteiger partial charge < -0.3 is 9.84 Å². The van der Waals surface area contributed by atoms with Gasteiger partial charge in [0.1, 0.15) is 0 Å². The standard InChI is InChI=1S/C25H28Cl2N4O2/c1-15-6-7-16(2)21(11-15)17(3)28-25(32)18-5-4-10-31(13-18)14-23-29-24(30-33-23)20-9-8-19(26)12-22(20)27/h6-9,11-12,17-18H,4-5,10,13-14H2,1-3H3,(H,28,32). The van der Waals surface area contributed by atoms with Gasteiger partial charge in [-0.25, -0.2) is 0 Å². The quantitative estimate of drug-likeness (QED) is 0.480. The smallest absolute Gasteiger partial charge is 0.241 e. The van der Waals surface area contributed by atoms with E-state index >= 15 is 0 Å². The molecule has 8 heteroatoms. The number of carbonyl (C=O) groups is 1. The zero-order valence-corrected chi connectivity index (χ0v) is 20.6. The molecular formula is C25H28Cl2N4O2. The van der Waals surface area contributed by atoms with Crippen molar-refractivity contribution in [2.75, 3.05) is 13.1 Å². The summed E-state index contributed by atoms with van der Waals surface area (Å²) in [7, 11) is 0. The van der Waals surface area contributed by atoms with Gasteiger partial charge in [-0.3, -0.25) is 9.69 Å². The molecule has 174 valence electrons. The third kappa shape index (κ3) is 5.75. The number of piperidine rings is 1. The second-order valence-corrected chi connectivity index (χ2v) is 9.64. The highest BCUT2D eigenvalue weighted by molar-refractivity contribution is 6.36. The molecule has 1 aliphatic rings. The van der Waals surface area contributed by atoms with Gasteiger partial charge in [0.15, 0.2) is 0 Å². The molecule has 0 spiro atoms. The zero-order valence-electron chi connectivity index (χ0n) is 19.1. The summed E-state index contributed by atoms with van der Waals surface area (Å²) in [6.07, 6.45) is 1.82. The average Bonchev–Trinajstić information content (AvgIpc) is 3.23. The number of aromatic nitrogens is 2. The minimum absolute atomic E-state index is 0.0320. The lowest BCUT2D eigenvalue weighted by atomic mass is 9.95. The summed E-state index contributed by atoms with van der Waals surface area (Å²) in [5.41, 5.74) is 4.22. The summed E-state index contributed by atoms with van der Waals surface area (Å²) in [6.45, 7) is 8.23. The molecule has 1 aliphatic heterocycles. The van der Waals surface area contributed by atoms with Crippen molar-refractivity contribution in [2.45, 2.75) is 46.2 Å².